The minimum absolute atomic E-state index is 0.0894. The SMILES string of the molecule is CCOCCOCCO.CCOCCOCCOC(C)=O. The molecule has 1 N–H and O–H groups in total. The highest BCUT2D eigenvalue weighted by Gasteiger charge is 1.92. The minimum atomic E-state index is -0.275. The summed E-state index contributed by atoms with van der Waals surface area (Å²) in [4.78, 5) is 10.3. The minimum Gasteiger partial charge on any atom is -0.463 e. The second-order valence-electron chi connectivity index (χ2n) is 3.68. The molecule has 128 valence electrons. The van der Waals surface area contributed by atoms with E-state index in [9.17, 15) is 4.79 Å². The van der Waals surface area contributed by atoms with Gasteiger partial charge in [-0.1, -0.05) is 0 Å². The summed E-state index contributed by atoms with van der Waals surface area (Å²) < 4.78 is 24.6. The molecule has 0 amide bonds. The summed E-state index contributed by atoms with van der Waals surface area (Å²) in [7, 11) is 0. The Morgan fingerprint density at radius 1 is 0.762 bits per heavy atom. The number of rotatable bonds is 13. The summed E-state index contributed by atoms with van der Waals surface area (Å²) in [5, 5.41) is 8.26. The number of carbonyl (C=O) groups excluding carboxylic acids is 1. The monoisotopic (exact) mass is 310 g/mol. The molecule has 0 bridgehead atoms. The van der Waals surface area contributed by atoms with E-state index in [4.69, 9.17) is 24.1 Å². The van der Waals surface area contributed by atoms with Gasteiger partial charge in [-0.3, -0.25) is 4.79 Å². The van der Waals surface area contributed by atoms with E-state index < -0.39 is 0 Å². The molecule has 0 radical (unpaired) electrons. The zero-order chi connectivity index (χ0) is 16.2. The summed E-state index contributed by atoms with van der Waals surface area (Å²) in [5.74, 6) is -0.275. The Hall–Kier alpha value is -0.730. The molecular formula is C14H30O7. The average Bonchev–Trinajstić information content (AvgIpc) is 2.47. The van der Waals surface area contributed by atoms with Gasteiger partial charge in [-0.2, -0.15) is 0 Å². The van der Waals surface area contributed by atoms with Gasteiger partial charge in [-0.05, 0) is 13.8 Å². The normalized spacial score (nSPS) is 9.90. The molecule has 0 aromatic heterocycles. The van der Waals surface area contributed by atoms with Gasteiger partial charge in [0.25, 0.3) is 0 Å². The van der Waals surface area contributed by atoms with E-state index >= 15 is 0 Å². The third-order valence-corrected chi connectivity index (χ3v) is 1.92. The highest BCUT2D eigenvalue weighted by Crippen LogP contribution is 1.81. The van der Waals surface area contributed by atoms with Crippen LogP contribution in [0.25, 0.3) is 0 Å². The molecule has 0 aliphatic heterocycles. The Morgan fingerprint density at radius 2 is 1.19 bits per heavy atom. The molecule has 0 atom stereocenters. The Bertz CT molecular complexity index is 194. The fourth-order valence-electron chi connectivity index (χ4n) is 1.04. The number of hydrogen-bond acceptors (Lipinski definition) is 7. The van der Waals surface area contributed by atoms with E-state index in [0.717, 1.165) is 6.61 Å². The zero-order valence-electron chi connectivity index (χ0n) is 13.5. The Kier molecular flexibility index (Phi) is 23.2. The van der Waals surface area contributed by atoms with E-state index in [1.54, 1.807) is 0 Å². The summed E-state index contributed by atoms with van der Waals surface area (Å²) in [5.41, 5.74) is 0. The van der Waals surface area contributed by atoms with Crippen LogP contribution in [-0.4, -0.2) is 77.1 Å². The standard InChI is InChI=1S/C8H16O4.C6H14O3/c1-3-10-4-5-11-6-7-12-8(2)9;1-2-8-5-6-9-4-3-7/h3-7H2,1-2H3;7H,2-6H2,1H3. The molecule has 0 aliphatic rings. The summed E-state index contributed by atoms with van der Waals surface area (Å²) in [6.07, 6.45) is 0. The van der Waals surface area contributed by atoms with Crippen molar-refractivity contribution in [1.82, 2.24) is 0 Å². The van der Waals surface area contributed by atoms with Crippen LogP contribution in [0.2, 0.25) is 0 Å². The Balaban J connectivity index is 0. The second-order valence-corrected chi connectivity index (χ2v) is 3.68. The number of aliphatic hydroxyl groups excluding tert-OH is 1. The number of ether oxygens (including phenoxy) is 5. The first kappa shape index (κ1) is 22.5. The molecule has 21 heavy (non-hydrogen) atoms. The predicted octanol–water partition coefficient (Wildman–Crippen LogP) is 0.634. The molecule has 7 nitrogen and oxygen atoms in total. The van der Waals surface area contributed by atoms with Gasteiger partial charge in [0.05, 0.1) is 46.2 Å². The Labute approximate surface area is 127 Å². The topological polar surface area (TPSA) is 83.5 Å². The largest absolute Gasteiger partial charge is 0.463 e. The maximum absolute atomic E-state index is 10.3. The van der Waals surface area contributed by atoms with Crippen LogP contribution in [0.1, 0.15) is 20.8 Å². The van der Waals surface area contributed by atoms with Crippen LogP contribution in [0, 0.1) is 0 Å². The van der Waals surface area contributed by atoms with Crippen LogP contribution in [0.5, 0.6) is 0 Å². The lowest BCUT2D eigenvalue weighted by atomic mass is 10.7. The highest BCUT2D eigenvalue weighted by molar-refractivity contribution is 5.65. The molecule has 0 fully saturated rings. The smallest absolute Gasteiger partial charge is 0.302 e. The summed E-state index contributed by atoms with van der Waals surface area (Å²) in [6.45, 7) is 10.3. The lowest BCUT2D eigenvalue weighted by molar-refractivity contribution is -0.142. The molecule has 0 spiro atoms. The van der Waals surface area contributed by atoms with Crippen molar-refractivity contribution >= 4 is 5.97 Å². The molecule has 0 saturated carbocycles. The van der Waals surface area contributed by atoms with Crippen LogP contribution in [0.3, 0.4) is 0 Å². The van der Waals surface area contributed by atoms with Crippen molar-refractivity contribution in [1.29, 1.82) is 0 Å². The number of hydrogen-bond donors (Lipinski definition) is 1. The number of esters is 1. The first-order valence-electron chi connectivity index (χ1n) is 7.24. The van der Waals surface area contributed by atoms with Gasteiger partial charge in [-0.25, -0.2) is 0 Å². The van der Waals surface area contributed by atoms with Crippen LogP contribution < -0.4 is 0 Å². The van der Waals surface area contributed by atoms with Crippen molar-refractivity contribution in [3.05, 3.63) is 0 Å². The number of carbonyl (C=O) groups is 1. The van der Waals surface area contributed by atoms with Crippen molar-refractivity contribution in [2.24, 2.45) is 0 Å². The lowest BCUT2D eigenvalue weighted by Crippen LogP contribution is -2.10. The molecule has 0 aromatic rings. The first-order chi connectivity index (χ1) is 10.2. The van der Waals surface area contributed by atoms with Gasteiger partial charge in [-0.15, -0.1) is 0 Å². The van der Waals surface area contributed by atoms with Crippen molar-refractivity contribution in [2.75, 3.05) is 66.1 Å². The lowest BCUT2D eigenvalue weighted by Gasteiger charge is -2.03. The quantitative estimate of drug-likeness (QED) is 0.394. The molecule has 0 heterocycles. The van der Waals surface area contributed by atoms with Crippen molar-refractivity contribution in [3.8, 4) is 0 Å². The van der Waals surface area contributed by atoms with Crippen molar-refractivity contribution < 1.29 is 33.6 Å². The van der Waals surface area contributed by atoms with E-state index in [2.05, 4.69) is 4.74 Å². The van der Waals surface area contributed by atoms with Gasteiger partial charge < -0.3 is 28.8 Å². The highest BCUT2D eigenvalue weighted by atomic mass is 16.6. The third-order valence-electron chi connectivity index (χ3n) is 1.92. The van der Waals surface area contributed by atoms with Crippen LogP contribution in [0.15, 0.2) is 0 Å². The third kappa shape index (κ3) is 28.2. The maximum atomic E-state index is 10.3. The molecule has 0 aliphatic carbocycles. The van der Waals surface area contributed by atoms with E-state index in [-0.39, 0.29) is 12.6 Å². The molecule has 7 heteroatoms. The molecular weight excluding hydrogens is 280 g/mol. The predicted molar refractivity (Wildman–Crippen MR) is 78.3 cm³/mol. The second kappa shape index (κ2) is 21.6. The van der Waals surface area contributed by atoms with E-state index in [1.807, 2.05) is 13.8 Å². The zero-order valence-corrected chi connectivity index (χ0v) is 13.5. The van der Waals surface area contributed by atoms with Gasteiger partial charge in [0.2, 0.25) is 0 Å². The Morgan fingerprint density at radius 3 is 1.62 bits per heavy atom. The first-order valence-corrected chi connectivity index (χ1v) is 7.24. The van der Waals surface area contributed by atoms with Gasteiger partial charge in [0, 0.05) is 20.1 Å². The van der Waals surface area contributed by atoms with Gasteiger partial charge >= 0.3 is 5.97 Å². The van der Waals surface area contributed by atoms with Crippen LogP contribution >= 0.6 is 0 Å². The molecule has 0 rings (SSSR count). The van der Waals surface area contributed by atoms with E-state index in [0.29, 0.717) is 52.9 Å². The molecule has 0 saturated heterocycles. The fourth-order valence-corrected chi connectivity index (χ4v) is 1.04. The average molecular weight is 310 g/mol. The van der Waals surface area contributed by atoms with E-state index in [1.165, 1.54) is 6.92 Å². The van der Waals surface area contributed by atoms with Crippen molar-refractivity contribution in [3.63, 3.8) is 0 Å². The molecule has 0 aromatic carbocycles. The fraction of sp³-hybridized carbons (Fsp3) is 0.929. The summed E-state index contributed by atoms with van der Waals surface area (Å²) >= 11 is 0. The maximum Gasteiger partial charge on any atom is 0.302 e. The number of aliphatic hydroxyl groups is 1. The van der Waals surface area contributed by atoms with Gasteiger partial charge in [0.1, 0.15) is 6.61 Å². The van der Waals surface area contributed by atoms with Gasteiger partial charge in [0.15, 0.2) is 0 Å². The van der Waals surface area contributed by atoms with Crippen molar-refractivity contribution in [2.45, 2.75) is 20.8 Å². The van der Waals surface area contributed by atoms with Crippen LogP contribution in [-0.2, 0) is 28.5 Å². The summed E-state index contributed by atoms with van der Waals surface area (Å²) in [6, 6.07) is 0. The van der Waals surface area contributed by atoms with Crippen LogP contribution in [0.4, 0.5) is 0 Å². The molecule has 0 unspecified atom stereocenters.